The van der Waals surface area contributed by atoms with Gasteiger partial charge in [-0.05, 0) is 46.6 Å². The minimum Gasteiger partial charge on any atom is -0.494 e. The molecule has 0 spiro atoms. The van der Waals surface area contributed by atoms with Crippen molar-refractivity contribution in [1.82, 2.24) is 15.0 Å². The van der Waals surface area contributed by atoms with Crippen molar-refractivity contribution in [2.24, 2.45) is 5.18 Å². The number of carbonyl (C=O) groups is 1. The summed E-state index contributed by atoms with van der Waals surface area (Å²) < 4.78 is 15.9. The summed E-state index contributed by atoms with van der Waals surface area (Å²) in [4.78, 5) is 26.1. The Morgan fingerprint density at radius 3 is 2.60 bits per heavy atom. The molecule has 0 aliphatic rings. The van der Waals surface area contributed by atoms with E-state index in [1.54, 1.807) is 47.0 Å². The molecule has 0 saturated carbocycles. The summed E-state index contributed by atoms with van der Waals surface area (Å²) in [5.74, 6) is -1.25. The molecule has 0 saturated heterocycles. The van der Waals surface area contributed by atoms with Gasteiger partial charge in [-0.15, -0.1) is 4.91 Å². The van der Waals surface area contributed by atoms with Gasteiger partial charge in [-0.25, -0.2) is 9.87 Å². The first kappa shape index (κ1) is 22.1. The number of hydrogen-bond acceptors (Lipinski definition) is 5. The lowest BCUT2D eigenvalue weighted by Crippen LogP contribution is -2.14. The second-order valence-electron chi connectivity index (χ2n) is 7.98. The second kappa shape index (κ2) is 8.88. The summed E-state index contributed by atoms with van der Waals surface area (Å²) in [6, 6.07) is 18.6. The number of nitrogens with one attached hydrogen (secondary N) is 2. The summed E-state index contributed by atoms with van der Waals surface area (Å²) >= 11 is 0. The Morgan fingerprint density at radius 2 is 1.86 bits per heavy atom. The third-order valence-corrected chi connectivity index (χ3v) is 5.88. The quantitative estimate of drug-likeness (QED) is 0.112. The van der Waals surface area contributed by atoms with Crippen molar-refractivity contribution in [3.63, 3.8) is 0 Å². The van der Waals surface area contributed by atoms with Crippen LogP contribution in [-0.2, 0) is 11.3 Å². The smallest absolute Gasteiger partial charge is 0.267 e. The molecule has 4 N–H and O–H groups in total. The van der Waals surface area contributed by atoms with Gasteiger partial charge in [-0.3, -0.25) is 10.0 Å². The molecule has 0 unspecified atom stereocenters. The molecular weight excluding hydrogens is 451 g/mol. The van der Waals surface area contributed by atoms with Crippen LogP contribution in [0.3, 0.4) is 0 Å². The zero-order valence-electron chi connectivity index (χ0n) is 18.2. The predicted octanol–water partition coefficient (Wildman–Crippen LogP) is 5.60. The van der Waals surface area contributed by atoms with Gasteiger partial charge in [0.1, 0.15) is 11.5 Å². The van der Waals surface area contributed by atoms with E-state index in [2.05, 4.69) is 10.2 Å². The molecule has 1 amide bonds. The van der Waals surface area contributed by atoms with E-state index in [-0.39, 0.29) is 18.1 Å². The molecule has 9 heteroatoms. The van der Waals surface area contributed by atoms with Gasteiger partial charge in [0.25, 0.3) is 5.91 Å². The van der Waals surface area contributed by atoms with E-state index >= 15 is 0 Å². The Labute approximate surface area is 197 Å². The van der Waals surface area contributed by atoms with Crippen molar-refractivity contribution in [2.45, 2.75) is 6.54 Å². The highest BCUT2D eigenvalue weighted by atomic mass is 19.1. The number of hydrogen-bond donors (Lipinski definition) is 4. The molecule has 0 atom stereocenters. The normalized spacial score (nSPS) is 11.5. The van der Waals surface area contributed by atoms with Crippen LogP contribution < -0.4 is 5.48 Å². The van der Waals surface area contributed by atoms with Crippen LogP contribution in [0.1, 0.15) is 11.1 Å². The maximum atomic E-state index is 14.2. The van der Waals surface area contributed by atoms with Gasteiger partial charge in [0.2, 0.25) is 5.88 Å². The van der Waals surface area contributed by atoms with Gasteiger partial charge in [0.05, 0.1) is 23.3 Å². The fourth-order valence-electron chi connectivity index (χ4n) is 4.25. The van der Waals surface area contributed by atoms with Gasteiger partial charge in [-0.1, -0.05) is 42.5 Å². The van der Waals surface area contributed by atoms with Crippen molar-refractivity contribution in [2.75, 3.05) is 0 Å². The highest BCUT2D eigenvalue weighted by Gasteiger charge is 2.24. The Balaban J connectivity index is 1.61. The van der Waals surface area contributed by atoms with E-state index in [1.165, 1.54) is 23.7 Å². The first-order chi connectivity index (χ1) is 17.0. The number of hydroxylamine groups is 1. The molecule has 0 aliphatic carbocycles. The zero-order valence-corrected chi connectivity index (χ0v) is 18.2. The Morgan fingerprint density at radius 1 is 1.09 bits per heavy atom. The fraction of sp³-hybridized carbons (Fsp3) is 0.0385. The number of benzene rings is 3. The van der Waals surface area contributed by atoms with Crippen molar-refractivity contribution in [3.05, 3.63) is 94.7 Å². The number of rotatable bonds is 6. The van der Waals surface area contributed by atoms with Crippen LogP contribution in [-0.4, -0.2) is 25.8 Å². The number of amides is 1. The summed E-state index contributed by atoms with van der Waals surface area (Å²) in [6.07, 6.45) is 2.74. The van der Waals surface area contributed by atoms with Crippen molar-refractivity contribution in [3.8, 4) is 17.1 Å². The molecule has 2 heterocycles. The number of halogens is 1. The van der Waals surface area contributed by atoms with Crippen LogP contribution in [0, 0.1) is 10.7 Å². The van der Waals surface area contributed by atoms with Gasteiger partial charge in [0.15, 0.2) is 0 Å². The molecule has 0 fully saturated rings. The molecule has 2 aromatic heterocycles. The Kier molecular flexibility index (Phi) is 5.60. The van der Waals surface area contributed by atoms with Gasteiger partial charge in [-0.2, -0.15) is 0 Å². The average Bonchev–Trinajstić information content (AvgIpc) is 3.37. The molecule has 0 bridgehead atoms. The van der Waals surface area contributed by atoms with Gasteiger partial charge < -0.3 is 14.7 Å². The summed E-state index contributed by atoms with van der Waals surface area (Å²) in [6.45, 7) is 0.263. The molecular formula is C26H19FN4O4. The van der Waals surface area contributed by atoms with Crippen LogP contribution in [0.4, 0.5) is 10.1 Å². The number of aromatic hydroxyl groups is 1. The van der Waals surface area contributed by atoms with E-state index < -0.39 is 11.7 Å². The van der Waals surface area contributed by atoms with Crippen molar-refractivity contribution < 1.29 is 19.5 Å². The molecule has 3 aromatic carbocycles. The van der Waals surface area contributed by atoms with E-state index in [0.29, 0.717) is 33.1 Å². The SMILES string of the molecule is O=Nc1c(-c2c(O)n(Cc3ccc(/C=C/C(=O)NO)cc3)c3ccc(F)cc23)[nH]c2ccccc12. The van der Waals surface area contributed by atoms with Gasteiger partial charge in [0, 0.05) is 22.4 Å². The first-order valence-electron chi connectivity index (χ1n) is 10.7. The van der Waals surface area contributed by atoms with E-state index in [1.807, 2.05) is 18.2 Å². The largest absolute Gasteiger partial charge is 0.494 e. The topological polar surface area (TPSA) is 120 Å². The zero-order chi connectivity index (χ0) is 24.5. The summed E-state index contributed by atoms with van der Waals surface area (Å²) in [5.41, 5.74) is 5.10. The fourth-order valence-corrected chi connectivity index (χ4v) is 4.25. The van der Waals surface area contributed by atoms with Crippen LogP contribution in [0.2, 0.25) is 0 Å². The predicted molar refractivity (Wildman–Crippen MR) is 131 cm³/mol. The number of aromatic nitrogens is 2. The molecule has 8 nitrogen and oxygen atoms in total. The standard InChI is InChI=1S/C26H19FN4O4/c27-17-10-11-21-19(13-17)23(25-24(30-35)18-3-1-2-4-20(18)28-25)26(33)31(21)14-16-7-5-15(6-8-16)9-12-22(32)29-34/h1-13,28,33-34H,14H2,(H,29,32)/b12-9+. The number of para-hydroxylation sites is 1. The van der Waals surface area contributed by atoms with E-state index in [0.717, 1.165) is 11.1 Å². The molecule has 0 radical (unpaired) electrons. The van der Waals surface area contributed by atoms with Crippen LogP contribution in [0.15, 0.2) is 78.0 Å². The molecule has 174 valence electrons. The lowest BCUT2D eigenvalue weighted by atomic mass is 10.1. The number of nitrogens with zero attached hydrogens (tertiary/aromatic N) is 2. The summed E-state index contributed by atoms with van der Waals surface area (Å²) in [7, 11) is 0. The van der Waals surface area contributed by atoms with Crippen molar-refractivity contribution in [1.29, 1.82) is 0 Å². The molecule has 0 aliphatic heterocycles. The maximum absolute atomic E-state index is 14.2. The minimum absolute atomic E-state index is 0.134. The number of H-pyrrole nitrogens is 1. The molecule has 35 heavy (non-hydrogen) atoms. The second-order valence-corrected chi connectivity index (χ2v) is 7.98. The number of nitroso groups, excluding NO2 is 1. The first-order valence-corrected chi connectivity index (χ1v) is 10.7. The third-order valence-electron chi connectivity index (χ3n) is 5.88. The minimum atomic E-state index is -0.640. The summed E-state index contributed by atoms with van der Waals surface area (Å²) in [5, 5.41) is 24.1. The lowest BCUT2D eigenvalue weighted by Gasteiger charge is -2.08. The Bertz CT molecular complexity index is 1620. The highest BCUT2D eigenvalue weighted by molar-refractivity contribution is 6.07. The van der Waals surface area contributed by atoms with Crippen molar-refractivity contribution >= 4 is 39.5 Å². The van der Waals surface area contributed by atoms with Gasteiger partial charge >= 0.3 is 0 Å². The lowest BCUT2D eigenvalue weighted by molar-refractivity contribution is -0.124. The van der Waals surface area contributed by atoms with Crippen LogP contribution >= 0.6 is 0 Å². The van der Waals surface area contributed by atoms with E-state index in [4.69, 9.17) is 5.21 Å². The number of fused-ring (bicyclic) bond motifs is 2. The van der Waals surface area contributed by atoms with E-state index in [9.17, 15) is 19.2 Å². The van der Waals surface area contributed by atoms with Crippen LogP contribution in [0.5, 0.6) is 5.88 Å². The average molecular weight is 470 g/mol. The number of carbonyl (C=O) groups excluding carboxylic acids is 1. The Hall–Kier alpha value is -4.76. The number of aromatic amines is 1. The third kappa shape index (κ3) is 3.94. The highest BCUT2D eigenvalue weighted by Crippen LogP contribution is 2.46. The molecule has 5 aromatic rings. The maximum Gasteiger partial charge on any atom is 0.267 e. The van der Waals surface area contributed by atoms with Crippen LogP contribution in [0.25, 0.3) is 39.1 Å². The monoisotopic (exact) mass is 470 g/mol. The molecule has 5 rings (SSSR count).